The van der Waals surface area contributed by atoms with Crippen LogP contribution in [-0.2, 0) is 7.05 Å². The number of nitriles is 1. The lowest BCUT2D eigenvalue weighted by atomic mass is 10.0. The molecule has 2 amide bonds. The Morgan fingerprint density at radius 3 is 2.49 bits per heavy atom. The van der Waals surface area contributed by atoms with Crippen molar-refractivity contribution < 1.29 is 9.18 Å². The molecule has 4 aromatic heterocycles. The van der Waals surface area contributed by atoms with Gasteiger partial charge in [0.05, 0.1) is 30.0 Å². The minimum absolute atomic E-state index is 0.0743. The number of pyridine rings is 2. The molecular weight excluding hydrogens is 473 g/mol. The highest BCUT2D eigenvalue weighted by atomic mass is 19.1. The van der Waals surface area contributed by atoms with E-state index in [4.69, 9.17) is 4.98 Å². The van der Waals surface area contributed by atoms with Crippen LogP contribution >= 0.6 is 0 Å². The number of urea groups is 1. The van der Waals surface area contributed by atoms with E-state index in [2.05, 4.69) is 21.2 Å². The fourth-order valence-corrected chi connectivity index (χ4v) is 5.10. The molecule has 0 spiro atoms. The van der Waals surface area contributed by atoms with Crippen molar-refractivity contribution in [1.82, 2.24) is 34.2 Å². The SMILES string of the molecule is Cn1cc(-c2cc(-c3ccc(N4CCN(C(=O)N5CC[C@@H](F)C5)CC4)nc3)c3c(C#N)cnn3c2)cn1. The number of amides is 2. The first-order valence-electron chi connectivity index (χ1n) is 12.3. The molecule has 10 nitrogen and oxygen atoms in total. The van der Waals surface area contributed by atoms with Gasteiger partial charge in [-0.3, -0.25) is 4.68 Å². The van der Waals surface area contributed by atoms with E-state index < -0.39 is 6.17 Å². The van der Waals surface area contributed by atoms with Crippen LogP contribution in [0.4, 0.5) is 15.0 Å². The molecule has 0 aromatic carbocycles. The Balaban J connectivity index is 1.23. The second kappa shape index (κ2) is 9.20. The monoisotopic (exact) mass is 499 g/mol. The van der Waals surface area contributed by atoms with Gasteiger partial charge < -0.3 is 14.7 Å². The first kappa shape index (κ1) is 23.0. The number of hydrogen-bond donors (Lipinski definition) is 0. The number of rotatable bonds is 3. The topological polar surface area (TPSA) is 98.6 Å². The molecule has 1 atom stereocenters. The van der Waals surface area contributed by atoms with E-state index in [9.17, 15) is 14.4 Å². The number of fused-ring (bicyclic) bond motifs is 1. The van der Waals surface area contributed by atoms with Gasteiger partial charge in [-0.25, -0.2) is 18.7 Å². The molecule has 2 saturated heterocycles. The normalized spacial score (nSPS) is 18.0. The summed E-state index contributed by atoms with van der Waals surface area (Å²) in [5.74, 6) is 0.828. The zero-order valence-electron chi connectivity index (χ0n) is 20.5. The third kappa shape index (κ3) is 4.24. The molecule has 0 unspecified atom stereocenters. The number of piperazine rings is 1. The lowest BCUT2D eigenvalue weighted by Crippen LogP contribution is -2.52. The number of carbonyl (C=O) groups excluding carboxylic acids is 1. The number of nitrogens with zero attached hydrogens (tertiary/aromatic N) is 9. The molecule has 2 aliphatic rings. The van der Waals surface area contributed by atoms with E-state index in [0.717, 1.165) is 33.6 Å². The number of aromatic nitrogens is 5. The summed E-state index contributed by atoms with van der Waals surface area (Å²) in [5.41, 5.74) is 4.85. The summed E-state index contributed by atoms with van der Waals surface area (Å²) in [6, 6.07) is 8.17. The number of hydrogen-bond acceptors (Lipinski definition) is 6. The number of anilines is 1. The molecule has 4 aromatic rings. The van der Waals surface area contributed by atoms with Crippen LogP contribution < -0.4 is 4.90 Å². The molecule has 0 bridgehead atoms. The van der Waals surface area contributed by atoms with Gasteiger partial charge in [0, 0.05) is 80.6 Å². The Morgan fingerprint density at radius 2 is 1.84 bits per heavy atom. The van der Waals surface area contributed by atoms with Gasteiger partial charge in [0.1, 0.15) is 18.1 Å². The summed E-state index contributed by atoms with van der Waals surface area (Å²) in [7, 11) is 1.87. The molecule has 2 fully saturated rings. The van der Waals surface area contributed by atoms with Crippen molar-refractivity contribution in [3.63, 3.8) is 0 Å². The van der Waals surface area contributed by atoms with Gasteiger partial charge in [-0.15, -0.1) is 0 Å². The number of likely N-dealkylation sites (tertiary alicyclic amines) is 1. The van der Waals surface area contributed by atoms with Crippen LogP contribution in [-0.4, -0.2) is 85.6 Å². The first-order chi connectivity index (χ1) is 18.0. The molecular formula is C26H26FN9O. The summed E-state index contributed by atoms with van der Waals surface area (Å²) >= 11 is 0. The number of aryl methyl sites for hydroxylation is 1. The molecule has 37 heavy (non-hydrogen) atoms. The van der Waals surface area contributed by atoms with Crippen molar-refractivity contribution in [2.45, 2.75) is 12.6 Å². The molecule has 188 valence electrons. The maximum Gasteiger partial charge on any atom is 0.320 e. The van der Waals surface area contributed by atoms with E-state index in [0.29, 0.717) is 44.7 Å². The van der Waals surface area contributed by atoms with Gasteiger partial charge in [0.2, 0.25) is 0 Å². The van der Waals surface area contributed by atoms with Crippen molar-refractivity contribution in [3.05, 3.63) is 54.7 Å². The van der Waals surface area contributed by atoms with Crippen molar-refractivity contribution >= 4 is 17.4 Å². The van der Waals surface area contributed by atoms with Crippen molar-refractivity contribution in [2.24, 2.45) is 7.05 Å². The van der Waals surface area contributed by atoms with Crippen LogP contribution in [0.15, 0.2) is 49.2 Å². The molecule has 0 radical (unpaired) electrons. The van der Waals surface area contributed by atoms with E-state index in [1.165, 1.54) is 0 Å². The van der Waals surface area contributed by atoms with Crippen molar-refractivity contribution in [3.8, 4) is 28.3 Å². The van der Waals surface area contributed by atoms with Crippen LogP contribution in [0.3, 0.4) is 0 Å². The summed E-state index contributed by atoms with van der Waals surface area (Å²) in [6.45, 7) is 3.15. The predicted molar refractivity (Wildman–Crippen MR) is 136 cm³/mol. The van der Waals surface area contributed by atoms with E-state index in [-0.39, 0.29) is 12.6 Å². The summed E-state index contributed by atoms with van der Waals surface area (Å²) in [6.07, 6.45) is 8.53. The molecule has 2 aliphatic heterocycles. The Labute approximate surface area is 213 Å². The van der Waals surface area contributed by atoms with Crippen LogP contribution in [0.2, 0.25) is 0 Å². The van der Waals surface area contributed by atoms with Gasteiger partial charge in [-0.1, -0.05) is 0 Å². The molecule has 0 N–H and O–H groups in total. The average Bonchev–Trinajstić information content (AvgIpc) is 3.67. The van der Waals surface area contributed by atoms with Gasteiger partial charge >= 0.3 is 6.03 Å². The van der Waals surface area contributed by atoms with Gasteiger partial charge in [0.25, 0.3) is 0 Å². The highest BCUT2D eigenvalue weighted by molar-refractivity contribution is 5.87. The fourth-order valence-electron chi connectivity index (χ4n) is 5.10. The number of carbonyl (C=O) groups is 1. The Bertz CT molecular complexity index is 1490. The first-order valence-corrected chi connectivity index (χ1v) is 12.3. The highest BCUT2D eigenvalue weighted by Gasteiger charge is 2.31. The van der Waals surface area contributed by atoms with Crippen LogP contribution in [0, 0.1) is 11.3 Å². The quantitative estimate of drug-likeness (QED) is 0.430. The summed E-state index contributed by atoms with van der Waals surface area (Å²) < 4.78 is 17.0. The second-order valence-electron chi connectivity index (χ2n) is 9.50. The molecule has 11 heteroatoms. The third-order valence-corrected chi connectivity index (χ3v) is 7.10. The van der Waals surface area contributed by atoms with E-state index >= 15 is 0 Å². The lowest BCUT2D eigenvalue weighted by molar-refractivity contribution is 0.156. The zero-order valence-corrected chi connectivity index (χ0v) is 20.5. The molecule has 0 saturated carbocycles. The Morgan fingerprint density at radius 1 is 1.00 bits per heavy atom. The minimum atomic E-state index is -0.911. The van der Waals surface area contributed by atoms with E-state index in [1.54, 1.807) is 31.4 Å². The Kier molecular flexibility index (Phi) is 5.71. The minimum Gasteiger partial charge on any atom is -0.353 e. The second-order valence-corrected chi connectivity index (χ2v) is 9.50. The van der Waals surface area contributed by atoms with Gasteiger partial charge in [-0.2, -0.15) is 15.5 Å². The number of alkyl halides is 1. The molecule has 6 heterocycles. The molecule has 0 aliphatic carbocycles. The van der Waals surface area contributed by atoms with Crippen LogP contribution in [0.25, 0.3) is 27.8 Å². The van der Waals surface area contributed by atoms with Crippen LogP contribution in [0.5, 0.6) is 0 Å². The Hall–Kier alpha value is -4.46. The summed E-state index contributed by atoms with van der Waals surface area (Å²) in [4.78, 5) is 23.0. The largest absolute Gasteiger partial charge is 0.353 e. The van der Waals surface area contributed by atoms with Gasteiger partial charge in [0.15, 0.2) is 0 Å². The maximum absolute atomic E-state index is 13.5. The average molecular weight is 500 g/mol. The van der Waals surface area contributed by atoms with Crippen LogP contribution in [0.1, 0.15) is 12.0 Å². The third-order valence-electron chi connectivity index (χ3n) is 7.10. The zero-order chi connectivity index (χ0) is 25.5. The fraction of sp³-hybridized carbons (Fsp3) is 0.346. The number of halogens is 1. The molecule has 6 rings (SSSR count). The van der Waals surface area contributed by atoms with Crippen molar-refractivity contribution in [2.75, 3.05) is 44.2 Å². The smallest absolute Gasteiger partial charge is 0.320 e. The summed E-state index contributed by atoms with van der Waals surface area (Å²) in [5, 5.41) is 18.3. The van der Waals surface area contributed by atoms with Gasteiger partial charge in [-0.05, 0) is 24.6 Å². The standard InChI is InChI=1S/C26H26FN9O/c1-32-15-21(14-30-32)19-10-23(25-20(11-28)13-31-36(25)16-19)18-2-3-24(29-12-18)33-6-8-34(9-7-33)26(37)35-5-4-22(27)17-35/h2-3,10,12-16,22H,4-9,17H2,1H3/t22-/m1/s1. The predicted octanol–water partition coefficient (Wildman–Crippen LogP) is 2.95. The van der Waals surface area contributed by atoms with E-state index in [1.807, 2.05) is 43.8 Å². The highest BCUT2D eigenvalue weighted by Crippen LogP contribution is 2.32. The lowest BCUT2D eigenvalue weighted by Gasteiger charge is -2.37. The maximum atomic E-state index is 13.5. The van der Waals surface area contributed by atoms with Crippen molar-refractivity contribution in [1.29, 1.82) is 5.26 Å².